The third-order valence-electron chi connectivity index (χ3n) is 2.74. The number of primary amides is 1. The lowest BCUT2D eigenvalue weighted by atomic mass is 10.1. The molecule has 0 bridgehead atoms. The molecule has 0 aliphatic carbocycles. The van der Waals surface area contributed by atoms with Gasteiger partial charge in [0.2, 0.25) is 5.91 Å². The molecule has 0 aliphatic heterocycles. The number of amides is 1. The highest BCUT2D eigenvalue weighted by molar-refractivity contribution is 5.93. The second-order valence-corrected chi connectivity index (χ2v) is 3.93. The lowest BCUT2D eigenvalue weighted by Crippen LogP contribution is -2.11. The van der Waals surface area contributed by atoms with E-state index in [1.54, 1.807) is 24.5 Å². The Morgan fingerprint density at radius 1 is 1.17 bits per heavy atom. The van der Waals surface area contributed by atoms with E-state index in [1.165, 1.54) is 0 Å². The van der Waals surface area contributed by atoms with Gasteiger partial charge in [0.15, 0.2) is 0 Å². The van der Waals surface area contributed by atoms with Crippen LogP contribution in [0.5, 0.6) is 0 Å². The van der Waals surface area contributed by atoms with Crippen LogP contribution in [-0.2, 0) is 0 Å². The van der Waals surface area contributed by atoms with Gasteiger partial charge in [-0.05, 0) is 24.3 Å². The first kappa shape index (κ1) is 10.5. The Labute approximate surface area is 103 Å². The summed E-state index contributed by atoms with van der Waals surface area (Å²) in [5.41, 5.74) is 7.97. The van der Waals surface area contributed by atoms with Crippen LogP contribution in [0, 0.1) is 0 Å². The van der Waals surface area contributed by atoms with Gasteiger partial charge in [0.05, 0.1) is 11.4 Å². The van der Waals surface area contributed by atoms with E-state index in [0.29, 0.717) is 17.0 Å². The maximum absolute atomic E-state index is 11.1. The summed E-state index contributed by atoms with van der Waals surface area (Å²) in [6.45, 7) is 0. The monoisotopic (exact) mass is 238 g/mol. The van der Waals surface area contributed by atoms with Crippen LogP contribution in [0.1, 0.15) is 10.4 Å². The highest BCUT2D eigenvalue weighted by Crippen LogP contribution is 2.19. The predicted octanol–water partition coefficient (Wildman–Crippen LogP) is 1.72. The molecule has 0 saturated heterocycles. The van der Waals surface area contributed by atoms with E-state index in [0.717, 1.165) is 10.9 Å². The number of carbonyl (C=O) groups excluding carboxylic acids is 1. The van der Waals surface area contributed by atoms with Crippen LogP contribution in [0.15, 0.2) is 42.9 Å². The Morgan fingerprint density at radius 2 is 2.00 bits per heavy atom. The summed E-state index contributed by atoms with van der Waals surface area (Å²) in [6.07, 6.45) is 5.17. The fraction of sp³-hybridized carbons (Fsp3) is 0. The fourth-order valence-corrected chi connectivity index (χ4v) is 1.81. The molecule has 0 saturated carbocycles. The molecule has 5 nitrogen and oxygen atoms in total. The quantitative estimate of drug-likeness (QED) is 0.712. The van der Waals surface area contributed by atoms with Crippen molar-refractivity contribution in [3.8, 4) is 11.4 Å². The average molecular weight is 238 g/mol. The van der Waals surface area contributed by atoms with Crippen molar-refractivity contribution < 1.29 is 4.79 Å². The van der Waals surface area contributed by atoms with Crippen molar-refractivity contribution in [3.63, 3.8) is 0 Å². The standard InChI is InChI=1S/C13H10N4O/c14-13(18)8-1-3-16-11(5-8)12-6-10-9(7-17-12)2-4-15-10/h1-7,15H,(H2,14,18). The van der Waals surface area contributed by atoms with Gasteiger partial charge in [-0.1, -0.05) is 0 Å². The van der Waals surface area contributed by atoms with Gasteiger partial charge in [-0.2, -0.15) is 0 Å². The number of carbonyl (C=O) groups is 1. The van der Waals surface area contributed by atoms with Crippen LogP contribution < -0.4 is 5.73 Å². The van der Waals surface area contributed by atoms with E-state index in [1.807, 2.05) is 18.3 Å². The lowest BCUT2D eigenvalue weighted by molar-refractivity contribution is 0.1000. The number of aromatic nitrogens is 3. The zero-order valence-electron chi connectivity index (χ0n) is 9.42. The molecule has 3 aromatic heterocycles. The number of hydrogen-bond donors (Lipinski definition) is 2. The number of aromatic amines is 1. The van der Waals surface area contributed by atoms with Gasteiger partial charge in [-0.15, -0.1) is 0 Å². The molecule has 18 heavy (non-hydrogen) atoms. The SMILES string of the molecule is NC(=O)c1ccnc(-c2cc3[nH]ccc3cn2)c1. The smallest absolute Gasteiger partial charge is 0.248 e. The van der Waals surface area contributed by atoms with Gasteiger partial charge in [0, 0.05) is 35.1 Å². The summed E-state index contributed by atoms with van der Waals surface area (Å²) < 4.78 is 0. The minimum absolute atomic E-state index is 0.424. The second-order valence-electron chi connectivity index (χ2n) is 3.93. The van der Waals surface area contributed by atoms with Gasteiger partial charge in [0.25, 0.3) is 0 Å². The molecule has 0 radical (unpaired) electrons. The van der Waals surface area contributed by atoms with E-state index < -0.39 is 5.91 Å². The van der Waals surface area contributed by atoms with Crippen LogP contribution in [0.3, 0.4) is 0 Å². The molecule has 88 valence electrons. The molecular weight excluding hydrogens is 228 g/mol. The van der Waals surface area contributed by atoms with Crippen molar-refractivity contribution in [3.05, 3.63) is 48.4 Å². The lowest BCUT2D eigenvalue weighted by Gasteiger charge is -2.01. The molecule has 0 atom stereocenters. The molecule has 5 heteroatoms. The van der Waals surface area contributed by atoms with Crippen molar-refractivity contribution in [2.45, 2.75) is 0 Å². The van der Waals surface area contributed by atoms with Crippen LogP contribution in [-0.4, -0.2) is 20.9 Å². The molecule has 0 fully saturated rings. The molecule has 0 unspecified atom stereocenters. The van der Waals surface area contributed by atoms with Crippen LogP contribution >= 0.6 is 0 Å². The zero-order valence-corrected chi connectivity index (χ0v) is 9.42. The third kappa shape index (κ3) is 1.71. The van der Waals surface area contributed by atoms with E-state index in [2.05, 4.69) is 15.0 Å². The summed E-state index contributed by atoms with van der Waals surface area (Å²) >= 11 is 0. The number of hydrogen-bond acceptors (Lipinski definition) is 3. The molecule has 3 N–H and O–H groups in total. The Hall–Kier alpha value is -2.69. The van der Waals surface area contributed by atoms with Crippen LogP contribution in [0.4, 0.5) is 0 Å². The largest absolute Gasteiger partial charge is 0.366 e. The number of rotatable bonds is 2. The van der Waals surface area contributed by atoms with Crippen molar-refractivity contribution in [1.29, 1.82) is 0 Å². The molecule has 0 aromatic carbocycles. The fourth-order valence-electron chi connectivity index (χ4n) is 1.81. The molecule has 3 aromatic rings. The Balaban J connectivity index is 2.13. The normalized spacial score (nSPS) is 10.7. The second kappa shape index (κ2) is 3.96. The first-order chi connectivity index (χ1) is 8.74. The summed E-state index contributed by atoms with van der Waals surface area (Å²) in [5.74, 6) is -0.473. The number of nitrogens with two attached hydrogens (primary N) is 1. The van der Waals surface area contributed by atoms with Gasteiger partial charge in [0.1, 0.15) is 0 Å². The molecule has 3 heterocycles. The molecular formula is C13H10N4O. The Bertz CT molecular complexity index is 732. The van der Waals surface area contributed by atoms with Crippen molar-refractivity contribution in [2.75, 3.05) is 0 Å². The van der Waals surface area contributed by atoms with Crippen LogP contribution in [0.2, 0.25) is 0 Å². The molecule has 0 spiro atoms. The highest BCUT2D eigenvalue weighted by Gasteiger charge is 2.06. The van der Waals surface area contributed by atoms with E-state index in [-0.39, 0.29) is 0 Å². The summed E-state index contributed by atoms with van der Waals surface area (Å²) in [6, 6.07) is 7.06. The number of H-pyrrole nitrogens is 1. The molecule has 3 rings (SSSR count). The molecule has 0 aliphatic rings. The van der Waals surface area contributed by atoms with Crippen LogP contribution in [0.25, 0.3) is 22.3 Å². The molecule has 1 amide bonds. The Morgan fingerprint density at radius 3 is 2.83 bits per heavy atom. The zero-order chi connectivity index (χ0) is 12.5. The van der Waals surface area contributed by atoms with E-state index in [9.17, 15) is 4.79 Å². The first-order valence-corrected chi connectivity index (χ1v) is 5.43. The minimum atomic E-state index is -0.473. The number of fused-ring (bicyclic) bond motifs is 1. The summed E-state index contributed by atoms with van der Waals surface area (Å²) in [4.78, 5) is 22.7. The number of nitrogens with zero attached hydrogens (tertiary/aromatic N) is 2. The van der Waals surface area contributed by atoms with E-state index >= 15 is 0 Å². The van der Waals surface area contributed by atoms with E-state index in [4.69, 9.17) is 5.73 Å². The van der Waals surface area contributed by atoms with Crippen molar-refractivity contribution in [2.24, 2.45) is 5.73 Å². The van der Waals surface area contributed by atoms with Gasteiger partial charge in [-0.3, -0.25) is 14.8 Å². The van der Waals surface area contributed by atoms with Crippen molar-refractivity contribution in [1.82, 2.24) is 15.0 Å². The highest BCUT2D eigenvalue weighted by atomic mass is 16.1. The Kier molecular flexibility index (Phi) is 2.30. The van der Waals surface area contributed by atoms with Gasteiger partial charge in [-0.25, -0.2) is 0 Å². The summed E-state index contributed by atoms with van der Waals surface area (Å²) in [7, 11) is 0. The maximum Gasteiger partial charge on any atom is 0.248 e. The maximum atomic E-state index is 11.1. The summed E-state index contributed by atoms with van der Waals surface area (Å²) in [5, 5.41) is 1.03. The minimum Gasteiger partial charge on any atom is -0.366 e. The first-order valence-electron chi connectivity index (χ1n) is 5.43. The number of pyridine rings is 2. The van der Waals surface area contributed by atoms with Gasteiger partial charge < -0.3 is 10.7 Å². The topological polar surface area (TPSA) is 84.7 Å². The predicted molar refractivity (Wildman–Crippen MR) is 67.8 cm³/mol. The average Bonchev–Trinajstić information content (AvgIpc) is 2.86. The van der Waals surface area contributed by atoms with Gasteiger partial charge >= 0.3 is 0 Å². The van der Waals surface area contributed by atoms with Crippen molar-refractivity contribution >= 4 is 16.8 Å². The third-order valence-corrected chi connectivity index (χ3v) is 2.74. The number of nitrogens with one attached hydrogen (secondary N) is 1.